The summed E-state index contributed by atoms with van der Waals surface area (Å²) in [4.78, 5) is 33.1. The first-order valence-electron chi connectivity index (χ1n) is 10.4. The molecule has 29 heavy (non-hydrogen) atoms. The Bertz CT molecular complexity index is 766. The molecule has 0 radical (unpaired) electrons. The Kier molecular flexibility index (Phi) is 6.49. The number of fused-ring (bicyclic) bond motifs is 3. The van der Waals surface area contributed by atoms with Crippen LogP contribution in [-0.2, 0) is 11.0 Å². The zero-order chi connectivity index (χ0) is 21.2. The van der Waals surface area contributed by atoms with Gasteiger partial charge < -0.3 is 9.80 Å². The molecule has 1 saturated heterocycles. The number of piperazine rings is 1. The zero-order valence-corrected chi connectivity index (χ0v) is 17.0. The Hall–Kier alpha value is -2.12. The van der Waals surface area contributed by atoms with Gasteiger partial charge in [0.25, 0.3) is 0 Å². The van der Waals surface area contributed by atoms with Crippen molar-refractivity contribution in [3.8, 4) is 0 Å². The molecule has 1 aromatic rings. The third kappa shape index (κ3) is 4.90. The van der Waals surface area contributed by atoms with Crippen LogP contribution in [0.15, 0.2) is 12.3 Å². The maximum atomic E-state index is 13.2. The van der Waals surface area contributed by atoms with Crippen molar-refractivity contribution in [2.24, 2.45) is 5.92 Å². The zero-order valence-electron chi connectivity index (χ0n) is 17.0. The fourth-order valence-corrected chi connectivity index (χ4v) is 4.26. The molecule has 2 unspecified atom stereocenters. The Morgan fingerprint density at radius 2 is 2.03 bits per heavy atom. The van der Waals surface area contributed by atoms with E-state index < -0.39 is 11.7 Å². The fourth-order valence-electron chi connectivity index (χ4n) is 4.26. The lowest BCUT2D eigenvalue weighted by Gasteiger charge is -2.43. The highest BCUT2D eigenvalue weighted by Gasteiger charge is 2.36. The van der Waals surface area contributed by atoms with Crippen LogP contribution in [0.2, 0.25) is 0 Å². The van der Waals surface area contributed by atoms with Crippen LogP contribution in [0.25, 0.3) is 0 Å². The maximum Gasteiger partial charge on any atom is 0.417 e. The third-order valence-corrected chi connectivity index (χ3v) is 5.83. The number of hydrogen-bond donors (Lipinski definition) is 0. The number of Topliss-reactive ketones (excluding diaryl/α,β-unsaturated/α-hetero) is 1. The molecule has 1 amide bonds. The molecule has 0 N–H and O–H groups in total. The average molecular weight is 411 g/mol. The van der Waals surface area contributed by atoms with Crippen molar-refractivity contribution in [2.75, 3.05) is 24.5 Å². The Labute approximate surface area is 169 Å². The van der Waals surface area contributed by atoms with Gasteiger partial charge in [0.2, 0.25) is 5.91 Å². The van der Waals surface area contributed by atoms with E-state index in [1.807, 2.05) is 23.6 Å². The number of halogens is 3. The molecule has 0 aromatic carbocycles. The van der Waals surface area contributed by atoms with Gasteiger partial charge in [-0.05, 0) is 24.8 Å². The van der Waals surface area contributed by atoms with E-state index in [0.717, 1.165) is 37.9 Å². The summed E-state index contributed by atoms with van der Waals surface area (Å²) in [6, 6.07) is 0.899. The van der Waals surface area contributed by atoms with Gasteiger partial charge in [-0.25, -0.2) is 4.98 Å². The van der Waals surface area contributed by atoms with Crippen molar-refractivity contribution in [1.82, 2.24) is 9.88 Å². The second kappa shape index (κ2) is 8.71. The molecule has 5 nitrogen and oxygen atoms in total. The number of hydrogen-bond acceptors (Lipinski definition) is 4. The van der Waals surface area contributed by atoms with Crippen molar-refractivity contribution >= 4 is 17.5 Å². The topological polar surface area (TPSA) is 53.5 Å². The largest absolute Gasteiger partial charge is 0.417 e. The molecule has 8 heteroatoms. The van der Waals surface area contributed by atoms with E-state index in [0.29, 0.717) is 31.9 Å². The SMILES string of the molecule is CCCC(=O)N1CCN2c3ncc(C(F)(F)F)cc3C(=O)CC(C)CCCC2C1. The number of aromatic nitrogens is 1. The van der Waals surface area contributed by atoms with Gasteiger partial charge in [0.05, 0.1) is 11.1 Å². The average Bonchev–Trinajstić information content (AvgIpc) is 2.66. The van der Waals surface area contributed by atoms with E-state index in [1.54, 1.807) is 0 Å². The molecule has 1 fully saturated rings. The van der Waals surface area contributed by atoms with Gasteiger partial charge in [0, 0.05) is 44.7 Å². The van der Waals surface area contributed by atoms with Gasteiger partial charge in [-0.2, -0.15) is 13.2 Å². The van der Waals surface area contributed by atoms with E-state index in [4.69, 9.17) is 0 Å². The first kappa shape index (κ1) is 21.6. The number of pyridine rings is 1. The summed E-state index contributed by atoms with van der Waals surface area (Å²) in [5.74, 6) is 0.230. The van der Waals surface area contributed by atoms with E-state index in [1.165, 1.54) is 0 Å². The van der Waals surface area contributed by atoms with E-state index in [9.17, 15) is 22.8 Å². The van der Waals surface area contributed by atoms with Crippen LogP contribution in [0.5, 0.6) is 0 Å². The lowest BCUT2D eigenvalue weighted by atomic mass is 9.91. The summed E-state index contributed by atoms with van der Waals surface area (Å²) < 4.78 is 39.7. The summed E-state index contributed by atoms with van der Waals surface area (Å²) in [6.45, 7) is 5.39. The van der Waals surface area contributed by atoms with Gasteiger partial charge in [0.1, 0.15) is 5.82 Å². The molecule has 0 aliphatic carbocycles. The standard InChI is InChI=1S/C21H28F3N3O2/c1-3-5-19(29)26-8-9-27-16(13-26)7-4-6-14(2)10-18(28)17-11-15(21(22,23)24)12-25-20(17)27/h11-12,14,16H,3-10,13H2,1-2H3. The molecule has 0 bridgehead atoms. The molecule has 160 valence electrons. The first-order valence-corrected chi connectivity index (χ1v) is 10.4. The second-order valence-corrected chi connectivity index (χ2v) is 8.19. The summed E-state index contributed by atoms with van der Waals surface area (Å²) in [7, 11) is 0. The molecule has 0 spiro atoms. The summed E-state index contributed by atoms with van der Waals surface area (Å²) in [5, 5.41) is 0. The van der Waals surface area contributed by atoms with Crippen LogP contribution in [0.1, 0.15) is 68.3 Å². The van der Waals surface area contributed by atoms with Gasteiger partial charge in [-0.1, -0.05) is 26.7 Å². The van der Waals surface area contributed by atoms with Crippen molar-refractivity contribution in [3.05, 3.63) is 23.4 Å². The molecule has 2 aliphatic rings. The van der Waals surface area contributed by atoms with Crippen LogP contribution in [0, 0.1) is 5.92 Å². The van der Waals surface area contributed by atoms with E-state index in [-0.39, 0.29) is 35.6 Å². The molecular formula is C21H28F3N3O2. The van der Waals surface area contributed by atoms with Gasteiger partial charge in [0.15, 0.2) is 5.78 Å². The van der Waals surface area contributed by atoms with E-state index >= 15 is 0 Å². The highest BCUT2D eigenvalue weighted by molar-refractivity contribution is 6.01. The summed E-state index contributed by atoms with van der Waals surface area (Å²) >= 11 is 0. The molecule has 1 aromatic heterocycles. The van der Waals surface area contributed by atoms with Crippen LogP contribution >= 0.6 is 0 Å². The minimum absolute atomic E-state index is 0.0481. The van der Waals surface area contributed by atoms with Crippen molar-refractivity contribution < 1.29 is 22.8 Å². The third-order valence-electron chi connectivity index (χ3n) is 5.83. The lowest BCUT2D eigenvalue weighted by molar-refractivity contribution is -0.138. The number of amides is 1. The number of rotatable bonds is 2. The predicted octanol–water partition coefficient (Wildman–Crippen LogP) is 4.31. The molecule has 2 atom stereocenters. The molecule has 3 heterocycles. The minimum atomic E-state index is -4.55. The number of carbonyl (C=O) groups excluding carboxylic acids is 2. The number of ketones is 1. The second-order valence-electron chi connectivity index (χ2n) is 8.19. The highest BCUT2D eigenvalue weighted by atomic mass is 19.4. The quantitative estimate of drug-likeness (QED) is 0.728. The summed E-state index contributed by atoms with van der Waals surface area (Å²) in [6.07, 6.45) is 0.307. The maximum absolute atomic E-state index is 13.2. The molecule has 0 saturated carbocycles. The van der Waals surface area contributed by atoms with Crippen molar-refractivity contribution in [3.63, 3.8) is 0 Å². The van der Waals surface area contributed by atoms with Crippen molar-refractivity contribution in [2.45, 2.75) is 64.6 Å². The number of carbonyl (C=O) groups is 2. The molecule has 2 aliphatic heterocycles. The van der Waals surface area contributed by atoms with Gasteiger partial charge in [-0.15, -0.1) is 0 Å². The summed E-state index contributed by atoms with van der Waals surface area (Å²) in [5.41, 5.74) is -0.852. The normalized spacial score (nSPS) is 23.4. The number of nitrogens with zero attached hydrogens (tertiary/aromatic N) is 3. The van der Waals surface area contributed by atoms with E-state index in [2.05, 4.69) is 4.98 Å². The van der Waals surface area contributed by atoms with Gasteiger partial charge in [-0.3, -0.25) is 9.59 Å². The fraction of sp³-hybridized carbons (Fsp3) is 0.667. The van der Waals surface area contributed by atoms with Gasteiger partial charge >= 0.3 is 6.18 Å². The van der Waals surface area contributed by atoms with Crippen LogP contribution in [0.3, 0.4) is 0 Å². The van der Waals surface area contributed by atoms with Crippen LogP contribution < -0.4 is 4.90 Å². The Morgan fingerprint density at radius 3 is 2.72 bits per heavy atom. The van der Waals surface area contributed by atoms with Crippen LogP contribution in [0.4, 0.5) is 19.0 Å². The van der Waals surface area contributed by atoms with Crippen LogP contribution in [-0.4, -0.2) is 47.3 Å². The smallest absolute Gasteiger partial charge is 0.349 e. The number of anilines is 1. The predicted molar refractivity (Wildman–Crippen MR) is 104 cm³/mol. The molecular weight excluding hydrogens is 383 g/mol. The minimum Gasteiger partial charge on any atom is -0.349 e. The van der Waals surface area contributed by atoms with Crippen molar-refractivity contribution in [1.29, 1.82) is 0 Å². The number of alkyl halides is 3. The first-order chi connectivity index (χ1) is 13.7. The Morgan fingerprint density at radius 1 is 1.28 bits per heavy atom. The highest BCUT2D eigenvalue weighted by Crippen LogP contribution is 2.35. The Balaban J connectivity index is 1.98. The monoisotopic (exact) mass is 411 g/mol. The lowest BCUT2D eigenvalue weighted by Crippen LogP contribution is -2.55. The molecule has 3 rings (SSSR count).